The number of β-amino-alcohol motifs (C(OH)–C–C–N with tert-alkyl or cyclic N) is 1. The zero-order chi connectivity index (χ0) is 55.1. The lowest BCUT2D eigenvalue weighted by Gasteiger charge is -2.43. The number of fused-ring (bicyclic) bond motifs is 6. The molecule has 0 saturated carbocycles. The van der Waals surface area contributed by atoms with Crippen molar-refractivity contribution < 1.29 is 29.1 Å². The van der Waals surface area contributed by atoms with E-state index >= 15 is 0 Å². The van der Waals surface area contributed by atoms with Gasteiger partial charge in [0.15, 0.2) is 11.6 Å². The second-order valence-electron chi connectivity index (χ2n) is 24.3. The molecule has 5 aliphatic heterocycles. The van der Waals surface area contributed by atoms with Crippen LogP contribution in [0.1, 0.15) is 119 Å². The number of benzene rings is 3. The summed E-state index contributed by atoms with van der Waals surface area (Å²) in [4.78, 5) is 58.1. The number of aliphatic hydroxyl groups excluding tert-OH is 1. The Morgan fingerprint density at radius 3 is 2.42 bits per heavy atom. The number of piperidine rings is 1. The number of ether oxygens (including phenoxy) is 1. The highest BCUT2D eigenvalue weighted by Gasteiger charge is 2.44. The van der Waals surface area contributed by atoms with E-state index in [1.165, 1.54) is 10.5 Å². The number of aromatic nitrogens is 5. The van der Waals surface area contributed by atoms with Crippen LogP contribution in [-0.2, 0) is 9.59 Å². The number of piperazine rings is 1. The maximum absolute atomic E-state index is 14.4. The summed E-state index contributed by atoms with van der Waals surface area (Å²) in [6, 6.07) is 20.3. The van der Waals surface area contributed by atoms with Crippen molar-refractivity contribution in [3.8, 4) is 33.5 Å². The highest BCUT2D eigenvalue weighted by atomic mass is 32.1. The summed E-state index contributed by atoms with van der Waals surface area (Å²) in [5, 5.41) is 36.1. The topological polar surface area (TPSA) is 198 Å². The predicted octanol–water partition coefficient (Wildman–Crippen LogP) is 8.96. The number of anilines is 2. The van der Waals surface area contributed by atoms with E-state index in [9.17, 15) is 19.8 Å². The molecule has 8 atom stereocenters. The van der Waals surface area contributed by atoms with E-state index in [1.54, 1.807) is 11.3 Å². The van der Waals surface area contributed by atoms with Crippen LogP contribution in [0.4, 0.5) is 11.6 Å². The number of phenolic OH excluding ortho intramolecular Hbond substituents is 1. The highest BCUT2D eigenvalue weighted by Crippen LogP contribution is 2.49. The van der Waals surface area contributed by atoms with Crippen molar-refractivity contribution in [2.24, 2.45) is 17.8 Å². The number of thiazole rings is 1. The minimum atomic E-state index is -0.806. The quantitative estimate of drug-likeness (QED) is 0.0758. The largest absolute Gasteiger partial charge is 0.508 e. The maximum atomic E-state index is 14.4. The van der Waals surface area contributed by atoms with Gasteiger partial charge in [0, 0.05) is 86.6 Å². The van der Waals surface area contributed by atoms with E-state index in [0.29, 0.717) is 42.3 Å². The Bertz CT molecular complexity index is 3450. The number of pyridine rings is 1. The van der Waals surface area contributed by atoms with E-state index in [2.05, 4.69) is 67.5 Å². The number of carbonyl (C=O) groups excluding carboxylic acids is 2. The molecule has 2 bridgehead atoms. The number of nitrogens with zero attached hydrogens (tertiary/aromatic N) is 9. The number of amides is 2. The number of phenols is 1. The van der Waals surface area contributed by atoms with Crippen LogP contribution in [0.15, 0.2) is 76.9 Å². The molecule has 18 heteroatoms. The van der Waals surface area contributed by atoms with Gasteiger partial charge in [-0.1, -0.05) is 68.4 Å². The summed E-state index contributed by atoms with van der Waals surface area (Å²) in [5.74, 6) is 2.21. The summed E-state index contributed by atoms with van der Waals surface area (Å²) in [5.41, 5.74) is 9.76. The number of likely N-dealkylation sites (tertiary alicyclic amines) is 2. The Morgan fingerprint density at radius 2 is 1.69 bits per heavy atom. The molecule has 1 aliphatic carbocycles. The first-order valence-corrected chi connectivity index (χ1v) is 29.9. The lowest BCUT2D eigenvalue weighted by atomic mass is 9.79. The van der Waals surface area contributed by atoms with Crippen LogP contribution in [0.3, 0.4) is 0 Å². The van der Waals surface area contributed by atoms with Gasteiger partial charge in [0.05, 0.1) is 44.8 Å². The molecule has 6 aliphatic rings. The first-order chi connectivity index (χ1) is 38.7. The second-order valence-corrected chi connectivity index (χ2v) is 25.1. The van der Waals surface area contributed by atoms with Gasteiger partial charge in [-0.2, -0.15) is 9.97 Å². The number of rotatable bonds is 15. The smallest absolute Gasteiger partial charge is 0.319 e. The molecule has 2 amide bonds. The number of hydrogen-bond donors (Lipinski definition) is 4. The van der Waals surface area contributed by atoms with Crippen LogP contribution >= 0.6 is 11.3 Å². The van der Waals surface area contributed by atoms with Gasteiger partial charge in [0.25, 0.3) is 0 Å². The second kappa shape index (κ2) is 21.3. The summed E-state index contributed by atoms with van der Waals surface area (Å²) in [6.07, 6.45) is 7.03. The average molecular weight is 1100 g/mol. The van der Waals surface area contributed by atoms with Crippen molar-refractivity contribution >= 4 is 56.5 Å². The minimum Gasteiger partial charge on any atom is -0.508 e. The van der Waals surface area contributed by atoms with Crippen molar-refractivity contribution in [1.29, 1.82) is 0 Å². The van der Waals surface area contributed by atoms with Crippen LogP contribution in [0.2, 0.25) is 0 Å². The summed E-state index contributed by atoms with van der Waals surface area (Å²) in [6.45, 7) is 18.5. The average Bonchev–Trinajstić information content (AvgIpc) is 4.06. The molecule has 7 aromatic rings. The van der Waals surface area contributed by atoms with Gasteiger partial charge < -0.3 is 44.8 Å². The van der Waals surface area contributed by atoms with E-state index in [4.69, 9.17) is 24.2 Å². The monoisotopic (exact) mass is 1100 g/mol. The van der Waals surface area contributed by atoms with Gasteiger partial charge in [0.2, 0.25) is 11.8 Å². The lowest BCUT2D eigenvalue weighted by Crippen LogP contribution is -2.51. The van der Waals surface area contributed by atoms with Gasteiger partial charge in [-0.05, 0) is 123 Å². The number of aryl methyl sites for hydroxylation is 1. The van der Waals surface area contributed by atoms with Crippen molar-refractivity contribution in [2.45, 2.75) is 128 Å². The first-order valence-electron chi connectivity index (χ1n) is 29.1. The molecule has 13 rings (SSSR count). The van der Waals surface area contributed by atoms with Crippen LogP contribution in [0, 0.1) is 24.7 Å². The third-order valence-electron chi connectivity index (χ3n) is 18.5. The molecule has 9 heterocycles. The molecule has 3 aromatic carbocycles. The summed E-state index contributed by atoms with van der Waals surface area (Å²) in [7, 11) is 0. The first kappa shape index (κ1) is 52.6. The van der Waals surface area contributed by atoms with Crippen LogP contribution in [0.5, 0.6) is 11.8 Å². The fourth-order valence-corrected chi connectivity index (χ4v) is 14.9. The van der Waals surface area contributed by atoms with E-state index in [0.717, 1.165) is 143 Å². The normalized spacial score (nSPS) is 23.4. The van der Waals surface area contributed by atoms with Crippen molar-refractivity contribution in [3.63, 3.8) is 0 Å². The number of nitrogens with one attached hydrogen (secondary N) is 2. The van der Waals surface area contributed by atoms with Crippen molar-refractivity contribution in [3.05, 3.63) is 101 Å². The number of carbonyl (C=O) groups is 2. The minimum absolute atomic E-state index is 0.0227. The number of aliphatic hydroxyl groups is 1. The number of hydrogen-bond acceptors (Lipinski definition) is 16. The summed E-state index contributed by atoms with van der Waals surface area (Å²) >= 11 is 1.60. The molecule has 5 fully saturated rings. The summed E-state index contributed by atoms with van der Waals surface area (Å²) < 4.78 is 12.6. The molecule has 0 radical (unpaired) electrons. The highest BCUT2D eigenvalue weighted by molar-refractivity contribution is 7.13. The molecular weight excluding hydrogens is 1030 g/mol. The van der Waals surface area contributed by atoms with E-state index in [1.807, 2.05) is 81.9 Å². The predicted molar refractivity (Wildman–Crippen MR) is 310 cm³/mol. The Labute approximate surface area is 471 Å². The molecular formula is C62H73N11O6S. The molecule has 80 heavy (non-hydrogen) atoms. The zero-order valence-electron chi connectivity index (χ0n) is 46.6. The SMILES string of the molecule is Cc1ncsc1-c1ccc(C(C)NC(=O)[C@@H]2C[C@@H](O)CN2C(=O)[C@@H](c2cc(N3CC(CC4CCN([C@@H](C)COc5nc(N6CC7CCC(C6)N7)c6cnc7c(c6n5)C(C)c5cccc6cc(O)cc-7c56)CC4)C3)no2)C(C)C)cc1. The van der Waals surface area contributed by atoms with E-state index in [-0.39, 0.29) is 54.4 Å². The Kier molecular flexibility index (Phi) is 14.0. The maximum Gasteiger partial charge on any atom is 0.319 e. The molecule has 0 spiro atoms. The molecule has 418 valence electrons. The fourth-order valence-electron chi connectivity index (χ4n) is 14.1. The van der Waals surface area contributed by atoms with Crippen molar-refractivity contribution in [2.75, 3.05) is 62.2 Å². The molecule has 5 saturated heterocycles. The zero-order valence-corrected chi connectivity index (χ0v) is 47.5. The van der Waals surface area contributed by atoms with Crippen molar-refractivity contribution in [1.82, 2.24) is 45.5 Å². The van der Waals surface area contributed by atoms with Crippen LogP contribution in [-0.4, -0.2) is 140 Å². The fraction of sp³-hybridized carbons (Fsp3) is 0.500. The Hall–Kier alpha value is -6.73. The molecule has 17 nitrogen and oxygen atoms in total. The molecule has 4 N–H and O–H groups in total. The number of aromatic hydroxyl groups is 1. The lowest BCUT2D eigenvalue weighted by molar-refractivity contribution is -0.141. The van der Waals surface area contributed by atoms with Gasteiger partial charge in [-0.3, -0.25) is 19.5 Å². The Morgan fingerprint density at radius 1 is 0.912 bits per heavy atom. The Balaban J connectivity index is 0.617. The van der Waals surface area contributed by atoms with Gasteiger partial charge in [0.1, 0.15) is 30.1 Å². The van der Waals surface area contributed by atoms with Crippen LogP contribution in [0.25, 0.3) is 43.4 Å². The van der Waals surface area contributed by atoms with Gasteiger partial charge in [-0.15, -0.1) is 11.3 Å². The molecule has 4 aromatic heterocycles. The molecule has 4 unspecified atom stereocenters. The van der Waals surface area contributed by atoms with Gasteiger partial charge in [-0.25, -0.2) is 4.98 Å². The standard InChI is InChI=1S/C62H73N11O6S/c1-33(2)53(61(77)73-30-46(75)23-50(73)60(76)65-36(5)40-10-12-41(13-11-40)58-37(6)64-32-80-58)51-24-52(69-79-51)71-26-39(27-71)20-38-16-18-70(19-17-38)34(3)31-78-62-67-57-49(59(68-62)72-28-43-14-15-44(29-72)66-43)25-63-56-48-22-45(74)21-42-8-7-9-47(55(42)48)35(4)54(56)57/h7-13,21-22,24-25,32-36,38-39,43-44,46,50,53,66,74-75H,14-20,23,26-31H2,1-6H3,(H,65,76)/t34-,35?,36?,43?,44?,46+,50-,53+/m0/s1. The van der Waals surface area contributed by atoms with E-state index < -0.39 is 18.1 Å². The third kappa shape index (κ3) is 9.82. The van der Waals surface area contributed by atoms with Gasteiger partial charge >= 0.3 is 6.01 Å². The third-order valence-corrected chi connectivity index (χ3v) is 19.5. The van der Waals surface area contributed by atoms with Crippen LogP contribution < -0.4 is 25.2 Å².